The van der Waals surface area contributed by atoms with Gasteiger partial charge in [-0.15, -0.1) is 0 Å². The molecule has 0 atom stereocenters. The highest BCUT2D eigenvalue weighted by atomic mass is 16.5. The second kappa shape index (κ2) is 12.2. The number of rotatable bonds is 12. The summed E-state index contributed by atoms with van der Waals surface area (Å²) in [7, 11) is 1.60. The molecule has 0 heterocycles. The minimum atomic E-state index is -0.260. The van der Waals surface area contributed by atoms with Crippen molar-refractivity contribution in [1.29, 1.82) is 0 Å². The quantitative estimate of drug-likeness (QED) is 0.399. The van der Waals surface area contributed by atoms with E-state index in [1.165, 1.54) is 0 Å². The first-order valence-corrected chi connectivity index (χ1v) is 10.9. The SMILES string of the molecule is CCOc1ccc(NCc2ccc(OCC(=O)Nc3ccc(OC)cc3)c(OCC)c2)cc1. The predicted octanol–water partition coefficient (Wildman–Crippen LogP) is 5.12. The van der Waals surface area contributed by atoms with Gasteiger partial charge < -0.3 is 29.6 Å². The van der Waals surface area contributed by atoms with Crippen molar-refractivity contribution < 1.29 is 23.7 Å². The average molecular weight is 451 g/mol. The highest BCUT2D eigenvalue weighted by molar-refractivity contribution is 5.91. The second-order valence-corrected chi connectivity index (χ2v) is 7.09. The van der Waals surface area contributed by atoms with Crippen LogP contribution < -0.4 is 29.6 Å². The Balaban J connectivity index is 1.56. The van der Waals surface area contributed by atoms with Crippen molar-refractivity contribution in [3.63, 3.8) is 0 Å². The summed E-state index contributed by atoms with van der Waals surface area (Å²) in [5, 5.41) is 6.18. The highest BCUT2D eigenvalue weighted by Gasteiger charge is 2.10. The second-order valence-electron chi connectivity index (χ2n) is 7.09. The fraction of sp³-hybridized carbons (Fsp3) is 0.269. The third-order valence-electron chi connectivity index (χ3n) is 4.70. The number of ether oxygens (including phenoxy) is 4. The maximum atomic E-state index is 12.3. The molecule has 0 aliphatic rings. The fourth-order valence-electron chi connectivity index (χ4n) is 3.10. The molecule has 7 heteroatoms. The topological polar surface area (TPSA) is 78.1 Å². The molecule has 174 valence electrons. The summed E-state index contributed by atoms with van der Waals surface area (Å²) in [4.78, 5) is 12.3. The summed E-state index contributed by atoms with van der Waals surface area (Å²) in [5.74, 6) is 2.43. The zero-order chi connectivity index (χ0) is 23.5. The van der Waals surface area contributed by atoms with Crippen LogP contribution in [-0.4, -0.2) is 32.8 Å². The van der Waals surface area contributed by atoms with E-state index in [9.17, 15) is 4.79 Å². The van der Waals surface area contributed by atoms with Crippen molar-refractivity contribution in [1.82, 2.24) is 0 Å². The standard InChI is InChI=1S/C26H30N2O5/c1-4-31-23-13-7-20(8-14-23)27-17-19-6-15-24(25(16-19)32-5-2)33-18-26(29)28-21-9-11-22(30-3)12-10-21/h6-16,27H,4-5,17-18H2,1-3H3,(H,28,29). The monoisotopic (exact) mass is 450 g/mol. The zero-order valence-corrected chi connectivity index (χ0v) is 19.2. The lowest BCUT2D eigenvalue weighted by Gasteiger charge is -2.14. The van der Waals surface area contributed by atoms with Gasteiger partial charge in [0.05, 0.1) is 20.3 Å². The van der Waals surface area contributed by atoms with Crippen molar-refractivity contribution in [2.75, 3.05) is 37.6 Å². The highest BCUT2D eigenvalue weighted by Crippen LogP contribution is 2.29. The number of hydrogen-bond donors (Lipinski definition) is 2. The number of hydrogen-bond acceptors (Lipinski definition) is 6. The largest absolute Gasteiger partial charge is 0.497 e. The third kappa shape index (κ3) is 7.35. The van der Waals surface area contributed by atoms with E-state index in [0.717, 1.165) is 22.7 Å². The predicted molar refractivity (Wildman–Crippen MR) is 130 cm³/mol. The lowest BCUT2D eigenvalue weighted by atomic mass is 10.2. The molecule has 3 aromatic carbocycles. The van der Waals surface area contributed by atoms with Gasteiger partial charge in [0.15, 0.2) is 18.1 Å². The number of carbonyl (C=O) groups is 1. The molecule has 0 radical (unpaired) electrons. The lowest BCUT2D eigenvalue weighted by molar-refractivity contribution is -0.118. The minimum absolute atomic E-state index is 0.129. The summed E-state index contributed by atoms with van der Waals surface area (Å²) in [6.07, 6.45) is 0. The molecule has 0 aliphatic heterocycles. The first-order valence-electron chi connectivity index (χ1n) is 10.9. The molecule has 0 bridgehead atoms. The Morgan fingerprint density at radius 2 is 1.42 bits per heavy atom. The number of carbonyl (C=O) groups excluding carboxylic acids is 1. The third-order valence-corrected chi connectivity index (χ3v) is 4.70. The fourth-order valence-corrected chi connectivity index (χ4v) is 3.10. The molecule has 1 amide bonds. The summed E-state index contributed by atoms with van der Waals surface area (Å²) in [6, 6.07) is 20.6. The molecule has 0 fully saturated rings. The van der Waals surface area contributed by atoms with Crippen LogP contribution in [0.15, 0.2) is 66.7 Å². The molecule has 0 aliphatic carbocycles. The zero-order valence-electron chi connectivity index (χ0n) is 19.2. The van der Waals surface area contributed by atoms with Crippen LogP contribution >= 0.6 is 0 Å². The van der Waals surface area contributed by atoms with Crippen LogP contribution in [-0.2, 0) is 11.3 Å². The molecule has 7 nitrogen and oxygen atoms in total. The van der Waals surface area contributed by atoms with Crippen LogP contribution in [0.5, 0.6) is 23.0 Å². The van der Waals surface area contributed by atoms with E-state index in [1.807, 2.05) is 56.3 Å². The Bertz CT molecular complexity index is 1020. The summed E-state index contributed by atoms with van der Waals surface area (Å²) in [5.41, 5.74) is 2.69. The van der Waals surface area contributed by atoms with Gasteiger partial charge in [-0.1, -0.05) is 6.07 Å². The molecule has 3 rings (SSSR count). The van der Waals surface area contributed by atoms with E-state index in [1.54, 1.807) is 31.4 Å². The van der Waals surface area contributed by atoms with Crippen LogP contribution in [0.4, 0.5) is 11.4 Å². The first kappa shape index (κ1) is 23.8. The van der Waals surface area contributed by atoms with Crippen LogP contribution in [0.1, 0.15) is 19.4 Å². The molecule has 0 saturated carbocycles. The van der Waals surface area contributed by atoms with Gasteiger partial charge in [-0.05, 0) is 80.1 Å². The summed E-state index contributed by atoms with van der Waals surface area (Å²) < 4.78 is 22.1. The smallest absolute Gasteiger partial charge is 0.262 e. The first-order chi connectivity index (χ1) is 16.1. The molecule has 0 spiro atoms. The van der Waals surface area contributed by atoms with Crippen molar-refractivity contribution in [3.8, 4) is 23.0 Å². The van der Waals surface area contributed by atoms with Crippen molar-refractivity contribution in [3.05, 3.63) is 72.3 Å². The average Bonchev–Trinajstić information content (AvgIpc) is 2.84. The van der Waals surface area contributed by atoms with Gasteiger partial charge in [0.1, 0.15) is 11.5 Å². The van der Waals surface area contributed by atoms with Gasteiger partial charge >= 0.3 is 0 Å². The van der Waals surface area contributed by atoms with Gasteiger partial charge in [0, 0.05) is 17.9 Å². The molecule has 2 N–H and O–H groups in total. The molecule has 0 unspecified atom stereocenters. The van der Waals surface area contributed by atoms with Gasteiger partial charge in [0.2, 0.25) is 0 Å². The summed E-state index contributed by atoms with van der Waals surface area (Å²) in [6.45, 7) is 5.49. The summed E-state index contributed by atoms with van der Waals surface area (Å²) >= 11 is 0. The van der Waals surface area contributed by atoms with Crippen LogP contribution in [0.2, 0.25) is 0 Å². The van der Waals surface area contributed by atoms with Crippen LogP contribution in [0, 0.1) is 0 Å². The van der Waals surface area contributed by atoms with E-state index in [0.29, 0.717) is 36.9 Å². The molecule has 33 heavy (non-hydrogen) atoms. The Hall–Kier alpha value is -3.87. The number of benzene rings is 3. The van der Waals surface area contributed by atoms with Gasteiger partial charge in [-0.2, -0.15) is 0 Å². The minimum Gasteiger partial charge on any atom is -0.497 e. The maximum Gasteiger partial charge on any atom is 0.262 e. The number of anilines is 2. The number of nitrogens with one attached hydrogen (secondary N) is 2. The number of amides is 1. The Labute approximate surface area is 194 Å². The van der Waals surface area contributed by atoms with Gasteiger partial charge in [-0.3, -0.25) is 4.79 Å². The molecule has 3 aromatic rings. The van der Waals surface area contributed by atoms with Crippen LogP contribution in [0.3, 0.4) is 0 Å². The lowest BCUT2D eigenvalue weighted by Crippen LogP contribution is -2.20. The molecular formula is C26H30N2O5. The Morgan fingerprint density at radius 1 is 0.758 bits per heavy atom. The Kier molecular flexibility index (Phi) is 8.82. The van der Waals surface area contributed by atoms with E-state index >= 15 is 0 Å². The van der Waals surface area contributed by atoms with E-state index in [-0.39, 0.29) is 12.5 Å². The maximum absolute atomic E-state index is 12.3. The van der Waals surface area contributed by atoms with Crippen molar-refractivity contribution in [2.24, 2.45) is 0 Å². The Morgan fingerprint density at radius 3 is 2.09 bits per heavy atom. The molecule has 0 saturated heterocycles. The van der Waals surface area contributed by atoms with Gasteiger partial charge in [-0.25, -0.2) is 0 Å². The molecule has 0 aromatic heterocycles. The van der Waals surface area contributed by atoms with Gasteiger partial charge in [0.25, 0.3) is 5.91 Å². The normalized spacial score (nSPS) is 10.3. The van der Waals surface area contributed by atoms with Crippen molar-refractivity contribution in [2.45, 2.75) is 20.4 Å². The van der Waals surface area contributed by atoms with Crippen LogP contribution in [0.25, 0.3) is 0 Å². The van der Waals surface area contributed by atoms with Crippen molar-refractivity contribution >= 4 is 17.3 Å². The van der Waals surface area contributed by atoms with E-state index in [2.05, 4.69) is 10.6 Å². The van der Waals surface area contributed by atoms with E-state index < -0.39 is 0 Å². The number of methoxy groups -OCH3 is 1. The van der Waals surface area contributed by atoms with E-state index in [4.69, 9.17) is 18.9 Å². The molecular weight excluding hydrogens is 420 g/mol.